The van der Waals surface area contributed by atoms with Crippen molar-refractivity contribution in [2.45, 2.75) is 25.3 Å². The Morgan fingerprint density at radius 2 is 1.93 bits per heavy atom. The molecule has 6 heteroatoms. The van der Waals surface area contributed by atoms with Crippen LogP contribution in [0.2, 0.25) is 0 Å². The second-order valence-electron chi connectivity index (χ2n) is 7.60. The smallest absolute Gasteiger partial charge is 0.253 e. The molecular formula is C23H29N3O3. The van der Waals surface area contributed by atoms with Gasteiger partial charge in [-0.1, -0.05) is 30.3 Å². The summed E-state index contributed by atoms with van der Waals surface area (Å²) in [6.45, 7) is 1.10. The number of carbonyl (C=O) groups is 2. The highest BCUT2D eigenvalue weighted by Crippen LogP contribution is 2.34. The lowest BCUT2D eigenvalue weighted by Gasteiger charge is -2.35. The number of fused-ring (bicyclic) bond motifs is 1. The highest BCUT2D eigenvalue weighted by Gasteiger charge is 2.27. The summed E-state index contributed by atoms with van der Waals surface area (Å²) in [6.07, 6.45) is 2.21. The second-order valence-corrected chi connectivity index (χ2v) is 7.60. The van der Waals surface area contributed by atoms with E-state index < -0.39 is 0 Å². The number of ether oxygens (including phenoxy) is 1. The summed E-state index contributed by atoms with van der Waals surface area (Å²) < 4.78 is 5.84. The molecule has 1 unspecified atom stereocenters. The van der Waals surface area contributed by atoms with Crippen molar-refractivity contribution in [1.29, 1.82) is 0 Å². The maximum Gasteiger partial charge on any atom is 0.253 e. The van der Waals surface area contributed by atoms with E-state index in [0.29, 0.717) is 25.1 Å². The minimum absolute atomic E-state index is 0.0162. The zero-order valence-corrected chi connectivity index (χ0v) is 17.4. The minimum Gasteiger partial charge on any atom is -0.489 e. The number of anilines is 1. The van der Waals surface area contributed by atoms with Crippen LogP contribution >= 0.6 is 0 Å². The molecule has 6 nitrogen and oxygen atoms in total. The van der Waals surface area contributed by atoms with Crippen LogP contribution in [0.15, 0.2) is 48.5 Å². The van der Waals surface area contributed by atoms with Crippen molar-refractivity contribution >= 4 is 17.5 Å². The molecule has 29 heavy (non-hydrogen) atoms. The van der Waals surface area contributed by atoms with E-state index in [2.05, 4.69) is 17.4 Å². The third-order valence-electron chi connectivity index (χ3n) is 5.20. The number of carbonyl (C=O) groups excluding carboxylic acids is 2. The number of likely N-dealkylation sites (N-methyl/N-ethyl adjacent to an activating group) is 1. The molecule has 1 atom stereocenters. The molecule has 0 spiro atoms. The maximum atomic E-state index is 12.4. The number of amides is 2. The fourth-order valence-electron chi connectivity index (χ4n) is 3.45. The highest BCUT2D eigenvalue weighted by atomic mass is 16.5. The third kappa shape index (κ3) is 5.28. The monoisotopic (exact) mass is 395 g/mol. The molecule has 1 heterocycles. The Morgan fingerprint density at radius 3 is 2.66 bits per heavy atom. The predicted octanol–water partition coefficient (Wildman–Crippen LogP) is 2.72. The zero-order valence-electron chi connectivity index (χ0n) is 17.4. The first-order valence-corrected chi connectivity index (χ1v) is 9.97. The van der Waals surface area contributed by atoms with E-state index in [1.165, 1.54) is 5.56 Å². The normalized spacial score (nSPS) is 15.3. The summed E-state index contributed by atoms with van der Waals surface area (Å²) in [6, 6.07) is 15.6. The number of nitrogens with zero attached hydrogens (tertiary/aromatic N) is 2. The number of benzene rings is 2. The number of nitrogens with one attached hydrogen (secondary N) is 1. The Hall–Kier alpha value is -3.02. The Morgan fingerprint density at radius 1 is 1.17 bits per heavy atom. The predicted molar refractivity (Wildman–Crippen MR) is 115 cm³/mol. The lowest BCUT2D eigenvalue weighted by atomic mass is 10.1. The van der Waals surface area contributed by atoms with Crippen molar-refractivity contribution in [3.05, 3.63) is 59.7 Å². The third-order valence-corrected chi connectivity index (χ3v) is 5.20. The van der Waals surface area contributed by atoms with Crippen molar-refractivity contribution in [3.8, 4) is 5.75 Å². The number of rotatable bonds is 7. The average molecular weight is 396 g/mol. The molecule has 0 radical (unpaired) electrons. The highest BCUT2D eigenvalue weighted by molar-refractivity contribution is 5.95. The molecule has 2 aromatic rings. The fraction of sp³-hybridized carbons (Fsp3) is 0.391. The van der Waals surface area contributed by atoms with E-state index in [-0.39, 0.29) is 17.9 Å². The molecule has 0 saturated carbocycles. The summed E-state index contributed by atoms with van der Waals surface area (Å²) in [7, 11) is 5.40. The molecule has 0 bridgehead atoms. The van der Waals surface area contributed by atoms with E-state index in [1.807, 2.05) is 42.3 Å². The van der Waals surface area contributed by atoms with Crippen LogP contribution in [0.1, 0.15) is 28.8 Å². The van der Waals surface area contributed by atoms with Crippen molar-refractivity contribution < 1.29 is 14.3 Å². The molecule has 0 fully saturated rings. The second kappa shape index (κ2) is 9.45. The van der Waals surface area contributed by atoms with E-state index in [9.17, 15) is 9.59 Å². The van der Waals surface area contributed by atoms with Crippen LogP contribution < -0.4 is 15.0 Å². The van der Waals surface area contributed by atoms with Gasteiger partial charge in [0.1, 0.15) is 12.4 Å². The topological polar surface area (TPSA) is 61.9 Å². The van der Waals surface area contributed by atoms with Gasteiger partial charge in [0.15, 0.2) is 0 Å². The van der Waals surface area contributed by atoms with Gasteiger partial charge in [0.25, 0.3) is 5.91 Å². The van der Waals surface area contributed by atoms with Crippen LogP contribution in [0.25, 0.3) is 0 Å². The van der Waals surface area contributed by atoms with E-state index >= 15 is 0 Å². The van der Waals surface area contributed by atoms with Gasteiger partial charge in [-0.2, -0.15) is 0 Å². The van der Waals surface area contributed by atoms with Crippen molar-refractivity contribution in [1.82, 2.24) is 10.2 Å². The van der Waals surface area contributed by atoms with Crippen molar-refractivity contribution in [2.75, 3.05) is 39.2 Å². The van der Waals surface area contributed by atoms with Crippen LogP contribution in [-0.4, -0.2) is 57.1 Å². The lowest BCUT2D eigenvalue weighted by molar-refractivity contribution is -0.121. The molecule has 1 aliphatic heterocycles. The Labute approximate surface area is 172 Å². The average Bonchev–Trinajstić information content (AvgIpc) is 2.73. The first kappa shape index (κ1) is 20.7. The van der Waals surface area contributed by atoms with Gasteiger partial charge in [0.05, 0.1) is 18.2 Å². The first-order valence-electron chi connectivity index (χ1n) is 9.97. The van der Waals surface area contributed by atoms with E-state index in [1.54, 1.807) is 25.1 Å². The van der Waals surface area contributed by atoms with Crippen LogP contribution in [-0.2, 0) is 11.2 Å². The van der Waals surface area contributed by atoms with Gasteiger partial charge < -0.3 is 19.9 Å². The van der Waals surface area contributed by atoms with E-state index in [4.69, 9.17) is 4.74 Å². The molecule has 154 valence electrons. The lowest BCUT2D eigenvalue weighted by Crippen LogP contribution is -2.44. The van der Waals surface area contributed by atoms with Gasteiger partial charge in [-0.3, -0.25) is 9.59 Å². The van der Waals surface area contributed by atoms with Crippen LogP contribution in [0, 0.1) is 0 Å². The van der Waals surface area contributed by atoms with Gasteiger partial charge >= 0.3 is 0 Å². The molecule has 0 saturated heterocycles. The molecule has 1 aliphatic rings. The summed E-state index contributed by atoms with van der Waals surface area (Å²) in [5.74, 6) is 0.698. The maximum absolute atomic E-state index is 12.4. The standard InChI is InChI=1S/C23H29N3O3/c1-25(2)23(28)18-11-12-21-20(14-18)26(3)19(16-29-21)15-22(27)24-13-7-10-17-8-5-4-6-9-17/h4-6,8-9,11-12,14,19H,7,10,13,15-16H2,1-3H3,(H,24,27). The first-order chi connectivity index (χ1) is 14.0. The SMILES string of the molecule is CN(C)C(=O)c1ccc2c(c1)N(C)C(CC(=O)NCCCc1ccccc1)CO2. The van der Waals surface area contributed by atoms with Crippen molar-refractivity contribution in [2.24, 2.45) is 0 Å². The Bertz CT molecular complexity index is 852. The van der Waals surface area contributed by atoms with Crippen LogP contribution in [0.3, 0.4) is 0 Å². The largest absolute Gasteiger partial charge is 0.489 e. The fourth-order valence-corrected chi connectivity index (χ4v) is 3.45. The number of hydrogen-bond donors (Lipinski definition) is 1. The summed E-state index contributed by atoms with van der Waals surface area (Å²) in [4.78, 5) is 28.2. The van der Waals surface area contributed by atoms with Gasteiger partial charge in [0.2, 0.25) is 5.91 Å². The van der Waals surface area contributed by atoms with Gasteiger partial charge in [-0.15, -0.1) is 0 Å². The molecule has 1 N–H and O–H groups in total. The zero-order chi connectivity index (χ0) is 20.8. The molecule has 2 aromatic carbocycles. The minimum atomic E-state index is -0.0682. The Kier molecular flexibility index (Phi) is 6.75. The molecule has 0 aromatic heterocycles. The quantitative estimate of drug-likeness (QED) is 0.733. The van der Waals surface area contributed by atoms with Gasteiger partial charge in [-0.25, -0.2) is 0 Å². The molecule has 3 rings (SSSR count). The summed E-state index contributed by atoms with van der Waals surface area (Å²) >= 11 is 0. The summed E-state index contributed by atoms with van der Waals surface area (Å²) in [5.41, 5.74) is 2.72. The summed E-state index contributed by atoms with van der Waals surface area (Å²) in [5, 5.41) is 3.01. The number of aryl methyl sites for hydroxylation is 1. The van der Waals surface area contributed by atoms with Crippen LogP contribution in [0.4, 0.5) is 5.69 Å². The molecular weight excluding hydrogens is 366 g/mol. The molecule has 0 aliphatic carbocycles. The van der Waals surface area contributed by atoms with Crippen LogP contribution in [0.5, 0.6) is 5.75 Å². The number of hydrogen-bond acceptors (Lipinski definition) is 4. The van der Waals surface area contributed by atoms with Crippen molar-refractivity contribution in [3.63, 3.8) is 0 Å². The van der Waals surface area contributed by atoms with E-state index in [0.717, 1.165) is 24.3 Å². The Balaban J connectivity index is 1.52. The molecule has 2 amide bonds. The van der Waals surface area contributed by atoms with Gasteiger partial charge in [-0.05, 0) is 36.6 Å². The van der Waals surface area contributed by atoms with Gasteiger partial charge in [0, 0.05) is 33.3 Å².